The monoisotopic (exact) mass is 336 g/mol. The molecule has 0 saturated heterocycles. The maximum Gasteiger partial charge on any atom is 0.170 e. The number of halogens is 1. The molecule has 3 rings (SSSR count). The lowest BCUT2D eigenvalue weighted by Crippen LogP contribution is -2.04. The number of ether oxygens (including phenoxy) is 1. The normalized spacial score (nSPS) is 10.4. The molecule has 0 fully saturated rings. The Balaban J connectivity index is 1.66. The van der Waals surface area contributed by atoms with E-state index < -0.39 is 0 Å². The van der Waals surface area contributed by atoms with Gasteiger partial charge in [-0.05, 0) is 35.4 Å². The van der Waals surface area contributed by atoms with Crippen LogP contribution in [-0.2, 0) is 13.0 Å². The van der Waals surface area contributed by atoms with E-state index >= 15 is 0 Å². The number of Topliss-reactive ketones (excluding diaryl/α,β-unsaturated/α-hetero) is 1. The molecule has 3 aromatic rings. The Kier molecular flexibility index (Phi) is 5.09. The van der Waals surface area contributed by atoms with E-state index in [-0.39, 0.29) is 35.9 Å². The Bertz CT molecular complexity index is 858. The van der Waals surface area contributed by atoms with Gasteiger partial charge in [0.25, 0.3) is 0 Å². The minimum Gasteiger partial charge on any atom is -0.507 e. The SMILES string of the molecule is O=C(Cc1ccccc1)c1ccc(OCc2ccc(F)cc2)cc1O. The van der Waals surface area contributed by atoms with Crippen molar-refractivity contribution < 1.29 is 19.0 Å². The molecule has 126 valence electrons. The Hall–Kier alpha value is -3.14. The quantitative estimate of drug-likeness (QED) is 0.673. The fourth-order valence-electron chi connectivity index (χ4n) is 2.46. The number of hydrogen-bond donors (Lipinski definition) is 1. The fourth-order valence-corrected chi connectivity index (χ4v) is 2.46. The number of benzene rings is 3. The lowest BCUT2D eigenvalue weighted by Gasteiger charge is -2.09. The summed E-state index contributed by atoms with van der Waals surface area (Å²) in [7, 11) is 0. The van der Waals surface area contributed by atoms with Gasteiger partial charge in [0.05, 0.1) is 5.56 Å². The van der Waals surface area contributed by atoms with E-state index in [9.17, 15) is 14.3 Å². The van der Waals surface area contributed by atoms with E-state index in [4.69, 9.17) is 4.74 Å². The zero-order valence-electron chi connectivity index (χ0n) is 13.5. The summed E-state index contributed by atoms with van der Waals surface area (Å²) in [6.07, 6.45) is 0.226. The molecule has 4 heteroatoms. The second-order valence-corrected chi connectivity index (χ2v) is 5.68. The molecule has 0 atom stereocenters. The molecule has 0 saturated carbocycles. The average molecular weight is 336 g/mol. The van der Waals surface area contributed by atoms with Gasteiger partial charge in [-0.1, -0.05) is 42.5 Å². The van der Waals surface area contributed by atoms with Crippen molar-refractivity contribution in [1.82, 2.24) is 0 Å². The standard InChI is InChI=1S/C21H17FO3/c22-17-8-6-16(7-9-17)14-25-18-10-11-19(21(24)13-18)20(23)12-15-4-2-1-3-5-15/h1-11,13,24H,12,14H2. The number of carbonyl (C=O) groups excluding carboxylic acids is 1. The number of rotatable bonds is 6. The Morgan fingerprint density at radius 1 is 0.920 bits per heavy atom. The van der Waals surface area contributed by atoms with Gasteiger partial charge in [0.2, 0.25) is 0 Å². The lowest BCUT2D eigenvalue weighted by molar-refractivity contribution is 0.0990. The van der Waals surface area contributed by atoms with Crippen molar-refractivity contribution in [3.63, 3.8) is 0 Å². The number of carbonyl (C=O) groups is 1. The van der Waals surface area contributed by atoms with Gasteiger partial charge in [-0.25, -0.2) is 4.39 Å². The van der Waals surface area contributed by atoms with Gasteiger partial charge >= 0.3 is 0 Å². The smallest absolute Gasteiger partial charge is 0.170 e. The van der Waals surface area contributed by atoms with Crippen molar-refractivity contribution in [1.29, 1.82) is 0 Å². The van der Waals surface area contributed by atoms with E-state index in [1.54, 1.807) is 24.3 Å². The first-order valence-corrected chi connectivity index (χ1v) is 7.89. The third kappa shape index (κ3) is 4.44. The van der Waals surface area contributed by atoms with Gasteiger partial charge in [0.15, 0.2) is 5.78 Å². The van der Waals surface area contributed by atoms with Gasteiger partial charge in [-0.15, -0.1) is 0 Å². The van der Waals surface area contributed by atoms with Crippen LogP contribution >= 0.6 is 0 Å². The molecule has 0 aromatic heterocycles. The predicted molar refractivity (Wildman–Crippen MR) is 93.3 cm³/mol. The van der Waals surface area contributed by atoms with Crippen LogP contribution in [0.15, 0.2) is 72.8 Å². The number of ketones is 1. The minimum atomic E-state index is -0.303. The highest BCUT2D eigenvalue weighted by atomic mass is 19.1. The van der Waals surface area contributed by atoms with Crippen molar-refractivity contribution in [2.75, 3.05) is 0 Å². The first kappa shape index (κ1) is 16.7. The second-order valence-electron chi connectivity index (χ2n) is 5.68. The summed E-state index contributed by atoms with van der Waals surface area (Å²) in [5.41, 5.74) is 1.96. The molecule has 0 radical (unpaired) electrons. The topological polar surface area (TPSA) is 46.5 Å². The summed E-state index contributed by atoms with van der Waals surface area (Å²) in [5, 5.41) is 10.1. The maximum absolute atomic E-state index is 12.9. The predicted octanol–water partition coefficient (Wildman–Crippen LogP) is 4.54. The summed E-state index contributed by atoms with van der Waals surface area (Å²) >= 11 is 0. The molecule has 3 nitrogen and oxygen atoms in total. The van der Waals surface area contributed by atoms with Crippen molar-refractivity contribution >= 4 is 5.78 Å². The van der Waals surface area contributed by atoms with E-state index in [0.29, 0.717) is 5.75 Å². The maximum atomic E-state index is 12.9. The van der Waals surface area contributed by atoms with Crippen molar-refractivity contribution in [2.45, 2.75) is 13.0 Å². The molecule has 0 aliphatic heterocycles. The first-order chi connectivity index (χ1) is 12.1. The summed E-state index contributed by atoms with van der Waals surface area (Å²) in [5.74, 6) is -0.132. The highest BCUT2D eigenvalue weighted by molar-refractivity contribution is 6.00. The fraction of sp³-hybridized carbons (Fsp3) is 0.0952. The molecule has 0 amide bonds. The second kappa shape index (κ2) is 7.62. The Labute approximate surface area is 145 Å². The molecule has 0 aliphatic carbocycles. The largest absolute Gasteiger partial charge is 0.507 e. The minimum absolute atomic E-state index is 0.113. The first-order valence-electron chi connectivity index (χ1n) is 7.89. The molecular weight excluding hydrogens is 319 g/mol. The molecule has 0 unspecified atom stereocenters. The Morgan fingerprint density at radius 3 is 2.32 bits per heavy atom. The number of phenolic OH excluding ortho intramolecular Hbond substituents is 1. The highest BCUT2D eigenvalue weighted by Crippen LogP contribution is 2.25. The van der Waals surface area contributed by atoms with Gasteiger partial charge in [-0.2, -0.15) is 0 Å². The lowest BCUT2D eigenvalue weighted by atomic mass is 10.0. The van der Waals surface area contributed by atoms with Gasteiger partial charge in [0.1, 0.15) is 23.9 Å². The molecule has 0 heterocycles. The summed E-state index contributed by atoms with van der Waals surface area (Å²) in [4.78, 5) is 12.3. The molecular formula is C21H17FO3. The van der Waals surface area contributed by atoms with Crippen LogP contribution in [0.5, 0.6) is 11.5 Å². The number of hydrogen-bond acceptors (Lipinski definition) is 3. The number of aromatic hydroxyl groups is 1. The average Bonchev–Trinajstić information content (AvgIpc) is 2.62. The molecule has 0 aliphatic rings. The number of phenols is 1. The van der Waals surface area contributed by atoms with E-state index in [1.165, 1.54) is 18.2 Å². The third-order valence-corrected chi connectivity index (χ3v) is 3.80. The van der Waals surface area contributed by atoms with Crippen molar-refractivity contribution in [3.05, 3.63) is 95.3 Å². The van der Waals surface area contributed by atoms with Crippen LogP contribution in [0.3, 0.4) is 0 Å². The van der Waals surface area contributed by atoms with Crippen LogP contribution in [0, 0.1) is 5.82 Å². The van der Waals surface area contributed by atoms with Crippen LogP contribution in [0.2, 0.25) is 0 Å². The van der Waals surface area contributed by atoms with E-state index in [1.807, 2.05) is 30.3 Å². The summed E-state index contributed by atoms with van der Waals surface area (Å²) in [6.45, 7) is 0.247. The molecule has 0 bridgehead atoms. The van der Waals surface area contributed by atoms with Gasteiger partial charge in [0, 0.05) is 12.5 Å². The van der Waals surface area contributed by atoms with Gasteiger partial charge in [-0.3, -0.25) is 4.79 Å². The van der Waals surface area contributed by atoms with Crippen molar-refractivity contribution in [2.24, 2.45) is 0 Å². The molecule has 0 spiro atoms. The van der Waals surface area contributed by atoms with E-state index in [2.05, 4.69) is 0 Å². The van der Waals surface area contributed by atoms with Crippen LogP contribution in [0.1, 0.15) is 21.5 Å². The third-order valence-electron chi connectivity index (χ3n) is 3.80. The van der Waals surface area contributed by atoms with Crippen LogP contribution in [0.4, 0.5) is 4.39 Å². The Morgan fingerprint density at radius 2 is 1.64 bits per heavy atom. The van der Waals surface area contributed by atoms with Crippen LogP contribution < -0.4 is 4.74 Å². The van der Waals surface area contributed by atoms with Crippen LogP contribution in [0.25, 0.3) is 0 Å². The highest BCUT2D eigenvalue weighted by Gasteiger charge is 2.13. The zero-order valence-corrected chi connectivity index (χ0v) is 13.5. The molecule has 25 heavy (non-hydrogen) atoms. The van der Waals surface area contributed by atoms with Gasteiger partial charge < -0.3 is 9.84 Å². The van der Waals surface area contributed by atoms with Crippen molar-refractivity contribution in [3.8, 4) is 11.5 Å². The molecule has 1 N–H and O–H groups in total. The van der Waals surface area contributed by atoms with E-state index in [0.717, 1.165) is 11.1 Å². The molecule has 3 aromatic carbocycles. The summed E-state index contributed by atoms with van der Waals surface area (Å²) in [6, 6.07) is 20.0. The van der Waals surface area contributed by atoms with Crippen LogP contribution in [-0.4, -0.2) is 10.9 Å². The summed E-state index contributed by atoms with van der Waals surface area (Å²) < 4.78 is 18.4. The zero-order chi connectivity index (χ0) is 17.6.